The first-order valence-electron chi connectivity index (χ1n) is 7.65. The molecule has 21 heavy (non-hydrogen) atoms. The third-order valence-electron chi connectivity index (χ3n) is 4.55. The van der Waals surface area contributed by atoms with Gasteiger partial charge in [-0.25, -0.2) is 0 Å². The maximum absolute atomic E-state index is 5.98. The molecule has 2 N–H and O–H groups in total. The molecule has 1 fully saturated rings. The summed E-state index contributed by atoms with van der Waals surface area (Å²) in [4.78, 5) is 7.11. The lowest BCUT2D eigenvalue weighted by molar-refractivity contribution is 0.115. The van der Waals surface area contributed by atoms with Crippen molar-refractivity contribution in [2.24, 2.45) is 11.7 Å². The predicted molar refractivity (Wildman–Crippen MR) is 91.1 cm³/mol. The van der Waals surface area contributed by atoms with E-state index in [1.54, 1.807) is 0 Å². The van der Waals surface area contributed by atoms with Gasteiger partial charge in [0.15, 0.2) is 0 Å². The smallest absolute Gasteiger partial charge is 0.0758 e. The SMILES string of the molecule is CC1CCN(Cc2ccc(Br)c3cccnc23)C(CN)C1. The van der Waals surface area contributed by atoms with Crippen LogP contribution < -0.4 is 5.73 Å². The van der Waals surface area contributed by atoms with Crippen LogP contribution in [0.2, 0.25) is 0 Å². The molecule has 1 aromatic heterocycles. The van der Waals surface area contributed by atoms with Gasteiger partial charge in [0, 0.05) is 35.2 Å². The van der Waals surface area contributed by atoms with Gasteiger partial charge in [0.2, 0.25) is 0 Å². The zero-order chi connectivity index (χ0) is 14.8. The van der Waals surface area contributed by atoms with Crippen molar-refractivity contribution in [3.63, 3.8) is 0 Å². The molecule has 1 aliphatic rings. The molecule has 112 valence electrons. The third kappa shape index (κ3) is 3.12. The van der Waals surface area contributed by atoms with E-state index in [2.05, 4.69) is 50.9 Å². The average molecular weight is 348 g/mol. The van der Waals surface area contributed by atoms with Crippen LogP contribution in [-0.4, -0.2) is 29.0 Å². The van der Waals surface area contributed by atoms with E-state index in [1.807, 2.05) is 12.3 Å². The zero-order valence-electron chi connectivity index (χ0n) is 12.4. The Balaban J connectivity index is 1.89. The molecule has 0 radical (unpaired) electrons. The van der Waals surface area contributed by atoms with Crippen molar-refractivity contribution in [2.75, 3.05) is 13.1 Å². The van der Waals surface area contributed by atoms with Crippen molar-refractivity contribution in [1.82, 2.24) is 9.88 Å². The predicted octanol–water partition coefficient (Wildman–Crippen LogP) is 3.56. The summed E-state index contributed by atoms with van der Waals surface area (Å²) < 4.78 is 1.11. The molecule has 0 spiro atoms. The summed E-state index contributed by atoms with van der Waals surface area (Å²) >= 11 is 3.62. The molecule has 2 heterocycles. The molecular weight excluding hydrogens is 326 g/mol. The van der Waals surface area contributed by atoms with Crippen molar-refractivity contribution < 1.29 is 0 Å². The van der Waals surface area contributed by atoms with E-state index in [4.69, 9.17) is 5.73 Å². The Hall–Kier alpha value is -0.970. The molecule has 4 heteroatoms. The Morgan fingerprint density at radius 1 is 1.38 bits per heavy atom. The number of fused-ring (bicyclic) bond motifs is 1. The highest BCUT2D eigenvalue weighted by atomic mass is 79.9. The van der Waals surface area contributed by atoms with Crippen LogP contribution in [0.5, 0.6) is 0 Å². The molecule has 1 aliphatic heterocycles. The second-order valence-corrected chi connectivity index (χ2v) is 6.95. The number of benzene rings is 1. The van der Waals surface area contributed by atoms with Crippen molar-refractivity contribution in [3.05, 3.63) is 40.5 Å². The molecule has 0 bridgehead atoms. The van der Waals surface area contributed by atoms with Crippen molar-refractivity contribution >= 4 is 26.8 Å². The Bertz CT molecular complexity index is 628. The summed E-state index contributed by atoms with van der Waals surface area (Å²) in [7, 11) is 0. The van der Waals surface area contributed by atoms with Crippen LogP contribution in [0.15, 0.2) is 34.9 Å². The van der Waals surface area contributed by atoms with Crippen LogP contribution in [0.4, 0.5) is 0 Å². The normalized spacial score (nSPS) is 23.6. The lowest BCUT2D eigenvalue weighted by Crippen LogP contribution is -2.45. The molecule has 3 nitrogen and oxygen atoms in total. The molecule has 1 aromatic carbocycles. The van der Waals surface area contributed by atoms with Gasteiger partial charge in [0.1, 0.15) is 0 Å². The van der Waals surface area contributed by atoms with Gasteiger partial charge in [-0.1, -0.05) is 35.0 Å². The minimum absolute atomic E-state index is 0.496. The second kappa shape index (κ2) is 6.42. The summed E-state index contributed by atoms with van der Waals surface area (Å²) in [5.41, 5.74) is 8.37. The number of hydrogen-bond donors (Lipinski definition) is 1. The molecule has 2 unspecified atom stereocenters. The number of piperidine rings is 1. The second-order valence-electron chi connectivity index (χ2n) is 6.10. The quantitative estimate of drug-likeness (QED) is 0.922. The highest BCUT2D eigenvalue weighted by Crippen LogP contribution is 2.28. The van der Waals surface area contributed by atoms with Crippen LogP contribution in [0.1, 0.15) is 25.3 Å². The Morgan fingerprint density at radius 3 is 3.05 bits per heavy atom. The van der Waals surface area contributed by atoms with Crippen molar-refractivity contribution in [2.45, 2.75) is 32.4 Å². The fourth-order valence-corrected chi connectivity index (χ4v) is 3.75. The molecule has 0 aliphatic carbocycles. The topological polar surface area (TPSA) is 42.2 Å². The maximum atomic E-state index is 5.98. The van der Waals surface area contributed by atoms with Crippen molar-refractivity contribution in [1.29, 1.82) is 0 Å². The Labute approximate surface area is 134 Å². The van der Waals surface area contributed by atoms with Crippen LogP contribution in [0, 0.1) is 5.92 Å². The first-order chi connectivity index (χ1) is 10.2. The van der Waals surface area contributed by atoms with Crippen LogP contribution >= 0.6 is 15.9 Å². The van der Waals surface area contributed by atoms with Crippen molar-refractivity contribution in [3.8, 4) is 0 Å². The number of aromatic nitrogens is 1. The van der Waals surface area contributed by atoms with E-state index < -0.39 is 0 Å². The molecule has 0 amide bonds. The standard InChI is InChI=1S/C17H22BrN3/c1-12-6-8-21(14(9-12)10-19)11-13-4-5-16(18)15-3-2-7-20-17(13)15/h2-5,7,12,14H,6,8-11,19H2,1H3. The van der Waals surface area contributed by atoms with E-state index in [1.165, 1.54) is 23.8 Å². The largest absolute Gasteiger partial charge is 0.329 e. The molecule has 2 aromatic rings. The van der Waals surface area contributed by atoms with Gasteiger partial charge < -0.3 is 5.73 Å². The van der Waals surface area contributed by atoms with E-state index in [9.17, 15) is 0 Å². The lowest BCUT2D eigenvalue weighted by atomic mass is 9.92. The van der Waals surface area contributed by atoms with E-state index >= 15 is 0 Å². The average Bonchev–Trinajstić information content (AvgIpc) is 2.52. The molecule has 3 rings (SSSR count). The van der Waals surface area contributed by atoms with Gasteiger partial charge in [-0.3, -0.25) is 9.88 Å². The fraction of sp³-hybridized carbons (Fsp3) is 0.471. The van der Waals surface area contributed by atoms with Crippen LogP contribution in [0.3, 0.4) is 0 Å². The monoisotopic (exact) mass is 347 g/mol. The number of hydrogen-bond acceptors (Lipinski definition) is 3. The summed E-state index contributed by atoms with van der Waals surface area (Å²) in [6, 6.07) is 8.92. The summed E-state index contributed by atoms with van der Waals surface area (Å²) in [5, 5.41) is 1.18. The van der Waals surface area contributed by atoms with Crippen LogP contribution in [0.25, 0.3) is 10.9 Å². The molecule has 1 saturated heterocycles. The minimum atomic E-state index is 0.496. The fourth-order valence-electron chi connectivity index (χ4n) is 3.30. The first-order valence-corrected chi connectivity index (χ1v) is 8.44. The summed E-state index contributed by atoms with van der Waals surface area (Å²) in [6.45, 7) is 5.14. The Morgan fingerprint density at radius 2 is 2.24 bits per heavy atom. The summed E-state index contributed by atoms with van der Waals surface area (Å²) in [6.07, 6.45) is 4.34. The zero-order valence-corrected chi connectivity index (χ0v) is 14.0. The first kappa shape index (κ1) is 14.9. The number of nitrogens with zero attached hydrogens (tertiary/aromatic N) is 2. The van der Waals surface area contributed by atoms with E-state index in [0.717, 1.165) is 35.5 Å². The van der Waals surface area contributed by atoms with Crippen LogP contribution in [-0.2, 0) is 6.54 Å². The van der Waals surface area contributed by atoms with Gasteiger partial charge >= 0.3 is 0 Å². The lowest BCUT2D eigenvalue weighted by Gasteiger charge is -2.38. The molecule has 2 atom stereocenters. The Kier molecular flexibility index (Phi) is 4.57. The van der Waals surface area contributed by atoms with Gasteiger partial charge in [-0.15, -0.1) is 0 Å². The van der Waals surface area contributed by atoms with Gasteiger partial charge in [-0.05, 0) is 43.0 Å². The maximum Gasteiger partial charge on any atom is 0.0758 e. The van der Waals surface area contributed by atoms with E-state index in [-0.39, 0.29) is 0 Å². The number of nitrogens with two attached hydrogens (primary N) is 1. The number of pyridine rings is 1. The molecular formula is C17H22BrN3. The number of rotatable bonds is 3. The highest BCUT2D eigenvalue weighted by molar-refractivity contribution is 9.10. The highest BCUT2D eigenvalue weighted by Gasteiger charge is 2.25. The van der Waals surface area contributed by atoms with Gasteiger partial charge in [0.25, 0.3) is 0 Å². The third-order valence-corrected chi connectivity index (χ3v) is 5.24. The number of likely N-dealkylation sites (tertiary alicyclic amines) is 1. The van der Waals surface area contributed by atoms with Gasteiger partial charge in [-0.2, -0.15) is 0 Å². The van der Waals surface area contributed by atoms with E-state index in [0.29, 0.717) is 6.04 Å². The van der Waals surface area contributed by atoms with Gasteiger partial charge in [0.05, 0.1) is 5.52 Å². The molecule has 0 saturated carbocycles. The number of halogens is 1. The summed E-state index contributed by atoms with van der Waals surface area (Å²) in [5.74, 6) is 0.787. The minimum Gasteiger partial charge on any atom is -0.329 e.